The van der Waals surface area contributed by atoms with Crippen molar-refractivity contribution in [3.05, 3.63) is 89.5 Å². The number of benzene rings is 3. The van der Waals surface area contributed by atoms with Crippen LogP contribution in [0.15, 0.2) is 82.6 Å². The second-order valence-corrected chi connectivity index (χ2v) is 15.7. The third-order valence-corrected chi connectivity index (χ3v) is 12.4. The number of aliphatic carboxylic acids is 1. The zero-order chi connectivity index (χ0) is 33.9. The number of sulfonamides is 2. The Morgan fingerprint density at radius 2 is 1.17 bits per heavy atom. The van der Waals surface area contributed by atoms with Gasteiger partial charge >= 0.3 is 5.97 Å². The zero-order valence-electron chi connectivity index (χ0n) is 26.1. The SMILES string of the molecule is Cc1ccc(S(=O)(=O)N2CCC[C@H]2C(=O)Nc2ccc(C[C@H](NC(=O)[C@@H]3CCCN3S(=O)(=O)c3ccc(C)cc3)C(=O)O)cc2)cc1. The molecule has 3 aromatic carbocycles. The summed E-state index contributed by atoms with van der Waals surface area (Å²) in [5.41, 5.74) is 2.77. The van der Waals surface area contributed by atoms with Crippen LogP contribution in [0.5, 0.6) is 0 Å². The van der Waals surface area contributed by atoms with Crippen LogP contribution in [0.1, 0.15) is 42.4 Å². The fourth-order valence-electron chi connectivity index (χ4n) is 5.92. The van der Waals surface area contributed by atoms with Crippen molar-refractivity contribution in [3.63, 3.8) is 0 Å². The fourth-order valence-corrected chi connectivity index (χ4v) is 9.24. The lowest BCUT2D eigenvalue weighted by atomic mass is 10.0. The Bertz CT molecular complexity index is 1850. The first-order chi connectivity index (χ1) is 22.3. The molecule has 2 aliphatic rings. The summed E-state index contributed by atoms with van der Waals surface area (Å²) in [7, 11) is -7.83. The second-order valence-electron chi connectivity index (χ2n) is 12.0. The molecule has 0 aromatic heterocycles. The van der Waals surface area contributed by atoms with Crippen LogP contribution in [0.2, 0.25) is 0 Å². The molecule has 2 fully saturated rings. The van der Waals surface area contributed by atoms with Gasteiger partial charge in [0.15, 0.2) is 0 Å². The van der Waals surface area contributed by atoms with Crippen molar-refractivity contribution in [3.8, 4) is 0 Å². The van der Waals surface area contributed by atoms with Gasteiger partial charge in [-0.1, -0.05) is 47.5 Å². The molecule has 0 radical (unpaired) electrons. The van der Waals surface area contributed by atoms with E-state index in [0.29, 0.717) is 30.5 Å². The summed E-state index contributed by atoms with van der Waals surface area (Å²) in [6, 6.07) is 15.9. The van der Waals surface area contributed by atoms with Gasteiger partial charge in [-0.25, -0.2) is 21.6 Å². The van der Waals surface area contributed by atoms with Crippen molar-refractivity contribution in [1.82, 2.24) is 13.9 Å². The van der Waals surface area contributed by atoms with Crippen molar-refractivity contribution in [2.75, 3.05) is 18.4 Å². The predicted octanol–water partition coefficient (Wildman–Crippen LogP) is 3.06. The van der Waals surface area contributed by atoms with Crippen LogP contribution in [0.4, 0.5) is 5.69 Å². The van der Waals surface area contributed by atoms with E-state index >= 15 is 0 Å². The number of hydrogen-bond donors (Lipinski definition) is 3. The Balaban J connectivity index is 1.21. The van der Waals surface area contributed by atoms with Crippen LogP contribution in [0.3, 0.4) is 0 Å². The van der Waals surface area contributed by atoms with E-state index < -0.39 is 56.0 Å². The Kier molecular flexibility index (Phi) is 10.2. The number of rotatable bonds is 11. The fraction of sp³-hybridized carbons (Fsp3) is 0.364. The normalized spacial score (nSPS) is 19.7. The lowest BCUT2D eigenvalue weighted by Gasteiger charge is -2.25. The molecule has 0 aliphatic carbocycles. The van der Waals surface area contributed by atoms with Crippen LogP contribution in [0.25, 0.3) is 0 Å². The second kappa shape index (κ2) is 13.9. The largest absolute Gasteiger partial charge is 0.480 e. The first-order valence-corrected chi connectivity index (χ1v) is 18.3. The Morgan fingerprint density at radius 3 is 1.62 bits per heavy atom. The summed E-state index contributed by atoms with van der Waals surface area (Å²) < 4.78 is 55.4. The quantitative estimate of drug-likeness (QED) is 0.277. The number of amides is 2. The van der Waals surface area contributed by atoms with Gasteiger partial charge in [0.2, 0.25) is 31.9 Å². The van der Waals surface area contributed by atoms with Crippen molar-refractivity contribution < 1.29 is 36.3 Å². The standard InChI is InChI=1S/C33H38N4O8S2/c1-22-7-15-26(16-8-22)46(42,43)36-19-3-5-29(36)31(38)34-25-13-11-24(12-14-25)21-28(33(40)41)35-32(39)30-6-4-20-37(30)47(44,45)27-17-9-23(2)10-18-27/h7-18,28-30H,3-6,19-21H2,1-2H3,(H,34,38)(H,35,39)(H,40,41)/t28-,29-,30-/m0/s1. The van der Waals surface area contributed by atoms with Gasteiger partial charge in [-0.3, -0.25) is 9.59 Å². The average molecular weight is 683 g/mol. The molecule has 2 amide bonds. The molecule has 0 saturated carbocycles. The number of carboxylic acid groups (broad SMARTS) is 1. The summed E-state index contributed by atoms with van der Waals surface area (Å²) in [6.07, 6.45) is 1.56. The van der Waals surface area contributed by atoms with Crippen LogP contribution in [0, 0.1) is 13.8 Å². The van der Waals surface area contributed by atoms with Gasteiger partial charge < -0.3 is 15.7 Å². The molecule has 0 bridgehead atoms. The highest BCUT2D eigenvalue weighted by Crippen LogP contribution is 2.28. The van der Waals surface area contributed by atoms with E-state index in [2.05, 4.69) is 10.6 Å². The number of carbonyl (C=O) groups is 3. The molecule has 3 aromatic rings. The number of carboxylic acids is 1. The van der Waals surface area contributed by atoms with E-state index in [1.807, 2.05) is 13.8 Å². The van der Waals surface area contributed by atoms with Crippen molar-refractivity contribution >= 4 is 43.5 Å². The van der Waals surface area contributed by atoms with Gasteiger partial charge in [0.1, 0.15) is 18.1 Å². The number of nitrogens with zero attached hydrogens (tertiary/aromatic N) is 2. The maximum Gasteiger partial charge on any atom is 0.326 e. The summed E-state index contributed by atoms with van der Waals surface area (Å²) in [6.45, 7) is 4.07. The molecule has 0 spiro atoms. The monoisotopic (exact) mass is 682 g/mol. The van der Waals surface area contributed by atoms with E-state index in [4.69, 9.17) is 0 Å². The lowest BCUT2D eigenvalue weighted by molar-refractivity contribution is -0.142. The van der Waals surface area contributed by atoms with Crippen LogP contribution < -0.4 is 10.6 Å². The number of nitrogens with one attached hydrogen (secondary N) is 2. The summed E-state index contributed by atoms with van der Waals surface area (Å²) >= 11 is 0. The highest BCUT2D eigenvalue weighted by Gasteiger charge is 2.41. The molecule has 3 N–H and O–H groups in total. The van der Waals surface area contributed by atoms with E-state index in [9.17, 15) is 36.3 Å². The first-order valence-electron chi connectivity index (χ1n) is 15.4. The van der Waals surface area contributed by atoms with Crippen LogP contribution in [-0.2, 0) is 40.9 Å². The van der Waals surface area contributed by atoms with Gasteiger partial charge in [0.25, 0.3) is 0 Å². The molecule has 5 rings (SSSR count). The predicted molar refractivity (Wildman–Crippen MR) is 175 cm³/mol. The highest BCUT2D eigenvalue weighted by atomic mass is 32.2. The molecular formula is C33H38N4O8S2. The van der Waals surface area contributed by atoms with Gasteiger partial charge in [0.05, 0.1) is 9.79 Å². The minimum Gasteiger partial charge on any atom is -0.480 e. The minimum absolute atomic E-state index is 0.0679. The molecule has 2 saturated heterocycles. The summed E-state index contributed by atoms with van der Waals surface area (Å²) in [5, 5.41) is 15.2. The van der Waals surface area contributed by atoms with Crippen molar-refractivity contribution in [2.45, 2.75) is 73.9 Å². The molecular weight excluding hydrogens is 645 g/mol. The first kappa shape index (κ1) is 34.2. The molecule has 2 aliphatic heterocycles. The summed E-state index contributed by atoms with van der Waals surface area (Å²) in [5.74, 6) is -2.43. The summed E-state index contributed by atoms with van der Waals surface area (Å²) in [4.78, 5) is 38.7. The number of hydrogen-bond acceptors (Lipinski definition) is 7. The average Bonchev–Trinajstić information content (AvgIpc) is 3.74. The smallest absolute Gasteiger partial charge is 0.326 e. The van der Waals surface area contributed by atoms with Gasteiger partial charge in [-0.15, -0.1) is 0 Å². The number of carbonyl (C=O) groups excluding carboxylic acids is 2. The maximum atomic E-state index is 13.3. The van der Waals surface area contributed by atoms with Crippen molar-refractivity contribution in [1.29, 1.82) is 0 Å². The lowest BCUT2D eigenvalue weighted by Crippen LogP contribution is -2.51. The van der Waals surface area contributed by atoms with Gasteiger partial charge in [-0.05, 0) is 81.5 Å². The van der Waals surface area contributed by atoms with E-state index in [0.717, 1.165) is 15.4 Å². The zero-order valence-corrected chi connectivity index (χ0v) is 27.8. The van der Waals surface area contributed by atoms with Crippen molar-refractivity contribution in [2.24, 2.45) is 0 Å². The topological polar surface area (TPSA) is 170 Å². The molecule has 12 nitrogen and oxygen atoms in total. The Labute approximate surface area is 274 Å². The molecule has 0 unspecified atom stereocenters. The van der Waals surface area contributed by atoms with E-state index in [-0.39, 0.29) is 35.7 Å². The van der Waals surface area contributed by atoms with Gasteiger partial charge in [0, 0.05) is 25.2 Å². The maximum absolute atomic E-state index is 13.3. The molecule has 47 heavy (non-hydrogen) atoms. The Hall–Kier alpha value is -4.11. The Morgan fingerprint density at radius 1 is 0.723 bits per heavy atom. The molecule has 2 heterocycles. The number of anilines is 1. The third-order valence-electron chi connectivity index (χ3n) is 8.54. The number of aryl methyl sites for hydroxylation is 2. The van der Waals surface area contributed by atoms with Crippen LogP contribution in [-0.4, -0.2) is 79.6 Å². The van der Waals surface area contributed by atoms with Gasteiger partial charge in [-0.2, -0.15) is 8.61 Å². The molecule has 3 atom stereocenters. The van der Waals surface area contributed by atoms with Crippen LogP contribution >= 0.6 is 0 Å². The third kappa shape index (κ3) is 7.56. The van der Waals surface area contributed by atoms with E-state index in [1.54, 1.807) is 48.5 Å². The minimum atomic E-state index is -3.96. The highest BCUT2D eigenvalue weighted by molar-refractivity contribution is 7.89. The van der Waals surface area contributed by atoms with E-state index in [1.165, 1.54) is 28.6 Å². The molecule has 250 valence electrons. The molecule has 14 heteroatoms.